The van der Waals surface area contributed by atoms with Gasteiger partial charge in [-0.1, -0.05) is 6.92 Å². The largest absolute Gasteiger partial charge is 0.397 e. The maximum Gasteiger partial charge on any atom is 0.240 e. The molecular weight excluding hydrogens is 310 g/mol. The Morgan fingerprint density at radius 2 is 2.10 bits per heavy atom. The summed E-state index contributed by atoms with van der Waals surface area (Å²) >= 11 is 1.53. The van der Waals surface area contributed by atoms with Gasteiger partial charge in [-0.3, -0.25) is 0 Å². The van der Waals surface area contributed by atoms with E-state index in [0.29, 0.717) is 23.7 Å². The van der Waals surface area contributed by atoms with Crippen molar-refractivity contribution < 1.29 is 13.5 Å². The van der Waals surface area contributed by atoms with Crippen molar-refractivity contribution in [2.24, 2.45) is 0 Å². The molecule has 0 amide bonds. The van der Waals surface area contributed by atoms with Crippen molar-refractivity contribution >= 4 is 33.2 Å². The Morgan fingerprint density at radius 3 is 2.67 bits per heavy atom. The summed E-state index contributed by atoms with van der Waals surface area (Å²) < 4.78 is 26.4. The number of hydrogen-bond donors (Lipinski definition) is 4. The van der Waals surface area contributed by atoms with E-state index in [9.17, 15) is 13.5 Å². The monoisotopic (exact) mass is 333 g/mol. The second kappa shape index (κ2) is 7.35. The number of hydrogen-bond acceptors (Lipinski definition) is 6. The van der Waals surface area contributed by atoms with Crippen molar-refractivity contribution in [1.29, 1.82) is 0 Å². The number of sulfonamides is 1. The summed E-state index contributed by atoms with van der Waals surface area (Å²) in [6, 6.07) is 4.47. The van der Waals surface area contributed by atoms with Crippen LogP contribution in [0.25, 0.3) is 0 Å². The van der Waals surface area contributed by atoms with Crippen LogP contribution >= 0.6 is 11.8 Å². The van der Waals surface area contributed by atoms with E-state index < -0.39 is 15.6 Å². The van der Waals surface area contributed by atoms with Gasteiger partial charge in [0.15, 0.2) is 0 Å². The van der Waals surface area contributed by atoms with Gasteiger partial charge in [-0.2, -0.15) is 11.8 Å². The van der Waals surface area contributed by atoms with E-state index >= 15 is 0 Å². The number of thioether (sulfide) groups is 1. The third kappa shape index (κ3) is 5.39. The summed E-state index contributed by atoms with van der Waals surface area (Å²) in [6.45, 7) is 4.03. The molecule has 0 fully saturated rings. The zero-order chi connectivity index (χ0) is 16.1. The average molecular weight is 333 g/mol. The van der Waals surface area contributed by atoms with E-state index in [1.165, 1.54) is 30.0 Å². The first kappa shape index (κ1) is 18.1. The minimum atomic E-state index is -3.53. The maximum atomic E-state index is 12.0. The van der Waals surface area contributed by atoms with Crippen molar-refractivity contribution in [2.75, 3.05) is 36.1 Å². The standard InChI is InChI=1S/C13H23N3O3S2/c1-4-16-21(18,19)10-5-6-11(14)12(7-10)15-8-13(2,17)9-20-3/h5-7,15-17H,4,8-9,14H2,1-3H3. The Morgan fingerprint density at radius 1 is 1.43 bits per heavy atom. The number of aliphatic hydroxyl groups is 1. The molecule has 5 N–H and O–H groups in total. The molecule has 0 aliphatic rings. The molecule has 0 radical (unpaired) electrons. The minimum Gasteiger partial charge on any atom is -0.397 e. The Bertz CT molecular complexity index is 574. The van der Waals surface area contributed by atoms with E-state index in [2.05, 4.69) is 10.0 Å². The smallest absolute Gasteiger partial charge is 0.240 e. The number of benzene rings is 1. The van der Waals surface area contributed by atoms with Crippen molar-refractivity contribution in [1.82, 2.24) is 4.72 Å². The average Bonchev–Trinajstić information content (AvgIpc) is 2.37. The van der Waals surface area contributed by atoms with Crippen LogP contribution < -0.4 is 15.8 Å². The number of nitrogens with two attached hydrogens (primary N) is 1. The molecule has 1 rings (SSSR count). The van der Waals surface area contributed by atoms with Crippen molar-refractivity contribution in [3.05, 3.63) is 18.2 Å². The highest BCUT2D eigenvalue weighted by Gasteiger charge is 2.20. The highest BCUT2D eigenvalue weighted by atomic mass is 32.2. The normalized spacial score (nSPS) is 14.7. The van der Waals surface area contributed by atoms with E-state index in [1.54, 1.807) is 13.8 Å². The summed E-state index contributed by atoms with van der Waals surface area (Å²) in [4.78, 5) is 0.144. The molecular formula is C13H23N3O3S2. The van der Waals surface area contributed by atoms with Crippen LogP contribution in [0.2, 0.25) is 0 Å². The van der Waals surface area contributed by atoms with Crippen LogP contribution in [0.5, 0.6) is 0 Å². The van der Waals surface area contributed by atoms with Crippen LogP contribution in [-0.2, 0) is 10.0 Å². The molecule has 1 atom stereocenters. The lowest BCUT2D eigenvalue weighted by Crippen LogP contribution is -2.36. The Kier molecular flexibility index (Phi) is 6.33. The van der Waals surface area contributed by atoms with Gasteiger partial charge in [0.1, 0.15) is 0 Å². The van der Waals surface area contributed by atoms with Crippen LogP contribution in [0.15, 0.2) is 23.1 Å². The first-order valence-corrected chi connectivity index (χ1v) is 9.44. The number of nitrogens with one attached hydrogen (secondary N) is 2. The second-order valence-corrected chi connectivity index (χ2v) is 7.67. The number of anilines is 2. The fraction of sp³-hybridized carbons (Fsp3) is 0.538. The second-order valence-electron chi connectivity index (χ2n) is 5.03. The van der Waals surface area contributed by atoms with Crippen LogP contribution in [-0.4, -0.2) is 44.2 Å². The molecule has 1 aromatic carbocycles. The van der Waals surface area contributed by atoms with E-state index in [0.717, 1.165) is 0 Å². The molecule has 1 unspecified atom stereocenters. The minimum absolute atomic E-state index is 0.144. The molecule has 0 bridgehead atoms. The summed E-state index contributed by atoms with van der Waals surface area (Å²) in [6.07, 6.45) is 1.91. The first-order valence-electron chi connectivity index (χ1n) is 6.56. The van der Waals surface area contributed by atoms with Crippen LogP contribution in [0, 0.1) is 0 Å². The van der Waals surface area contributed by atoms with Gasteiger partial charge in [-0.25, -0.2) is 13.1 Å². The lowest BCUT2D eigenvalue weighted by atomic mass is 10.1. The lowest BCUT2D eigenvalue weighted by molar-refractivity contribution is 0.0997. The zero-order valence-corrected chi connectivity index (χ0v) is 14.1. The van der Waals surface area contributed by atoms with E-state index in [-0.39, 0.29) is 11.4 Å². The Balaban J connectivity index is 2.94. The van der Waals surface area contributed by atoms with Crippen molar-refractivity contribution in [3.8, 4) is 0 Å². The van der Waals surface area contributed by atoms with Crippen molar-refractivity contribution in [3.63, 3.8) is 0 Å². The summed E-state index contributed by atoms with van der Waals surface area (Å²) in [5.41, 5.74) is 5.88. The maximum absolute atomic E-state index is 12.0. The molecule has 0 aromatic heterocycles. The third-order valence-corrected chi connectivity index (χ3v) is 5.24. The van der Waals surface area contributed by atoms with Gasteiger partial charge in [0.05, 0.1) is 21.9 Å². The molecule has 0 spiro atoms. The van der Waals surface area contributed by atoms with Crippen LogP contribution in [0.4, 0.5) is 11.4 Å². The quantitative estimate of drug-likeness (QED) is 0.531. The number of nitrogen functional groups attached to an aromatic ring is 1. The third-order valence-electron chi connectivity index (χ3n) is 2.78. The predicted molar refractivity (Wildman–Crippen MR) is 89.2 cm³/mol. The molecule has 0 saturated heterocycles. The van der Waals surface area contributed by atoms with Gasteiger partial charge in [-0.15, -0.1) is 0 Å². The topological polar surface area (TPSA) is 104 Å². The van der Waals surface area contributed by atoms with Gasteiger partial charge in [0.25, 0.3) is 0 Å². The van der Waals surface area contributed by atoms with Gasteiger partial charge in [0, 0.05) is 18.8 Å². The fourth-order valence-corrected chi connectivity index (χ4v) is 3.57. The molecule has 0 aliphatic carbocycles. The number of rotatable bonds is 8. The molecule has 8 heteroatoms. The molecule has 0 heterocycles. The van der Waals surface area contributed by atoms with E-state index in [1.807, 2.05) is 6.26 Å². The predicted octanol–water partition coefficient (Wildman–Crippen LogP) is 1.09. The summed E-state index contributed by atoms with van der Waals surface area (Å²) in [5.74, 6) is 0.565. The summed E-state index contributed by atoms with van der Waals surface area (Å²) in [5, 5.41) is 13.1. The highest BCUT2D eigenvalue weighted by Crippen LogP contribution is 2.24. The van der Waals surface area contributed by atoms with Crippen LogP contribution in [0.3, 0.4) is 0 Å². The molecule has 0 saturated carbocycles. The summed E-state index contributed by atoms with van der Waals surface area (Å²) in [7, 11) is -3.53. The van der Waals surface area contributed by atoms with Crippen molar-refractivity contribution in [2.45, 2.75) is 24.3 Å². The van der Waals surface area contributed by atoms with Gasteiger partial charge in [-0.05, 0) is 31.4 Å². The molecule has 1 aromatic rings. The Hall–Kier alpha value is -0.960. The molecule has 21 heavy (non-hydrogen) atoms. The molecule has 120 valence electrons. The molecule has 0 aliphatic heterocycles. The van der Waals surface area contributed by atoms with Crippen LogP contribution in [0.1, 0.15) is 13.8 Å². The van der Waals surface area contributed by atoms with Gasteiger partial charge >= 0.3 is 0 Å². The fourth-order valence-electron chi connectivity index (χ4n) is 1.78. The molecule has 6 nitrogen and oxygen atoms in total. The lowest BCUT2D eigenvalue weighted by Gasteiger charge is -2.23. The van der Waals surface area contributed by atoms with E-state index in [4.69, 9.17) is 5.73 Å². The van der Waals surface area contributed by atoms with Gasteiger partial charge in [0.2, 0.25) is 10.0 Å². The zero-order valence-electron chi connectivity index (χ0n) is 12.5. The first-order chi connectivity index (χ1) is 9.72. The SMILES string of the molecule is CCNS(=O)(=O)c1ccc(N)c(NCC(C)(O)CSC)c1. The Labute approximate surface area is 130 Å². The van der Waals surface area contributed by atoms with Gasteiger partial charge < -0.3 is 16.2 Å². The highest BCUT2D eigenvalue weighted by molar-refractivity contribution is 7.98.